The van der Waals surface area contributed by atoms with Crippen molar-refractivity contribution in [3.05, 3.63) is 82.0 Å². The second-order valence-electron chi connectivity index (χ2n) is 13.1. The molecule has 6 rings (SSSR count). The van der Waals surface area contributed by atoms with Crippen LogP contribution in [-0.2, 0) is 22.7 Å². The van der Waals surface area contributed by atoms with Crippen LogP contribution < -0.4 is 20.1 Å². The third kappa shape index (κ3) is 8.05. The third-order valence-electron chi connectivity index (χ3n) is 9.26. The summed E-state index contributed by atoms with van der Waals surface area (Å²) >= 11 is 14.2. The summed E-state index contributed by atoms with van der Waals surface area (Å²) in [5.74, 6) is 1.47. The smallest absolute Gasteiger partial charge is 0.220 e. The molecule has 4 aromatic rings. The van der Waals surface area contributed by atoms with E-state index in [-0.39, 0.29) is 23.9 Å². The Morgan fingerprint density at radius 2 is 1.40 bits per heavy atom. The molecule has 2 N–H and O–H groups in total. The largest absolute Gasteiger partial charge is 0.496 e. The molecular formula is C38H42Cl2N6O4. The van der Waals surface area contributed by atoms with E-state index in [1.54, 1.807) is 20.4 Å². The van der Waals surface area contributed by atoms with Gasteiger partial charge in [-0.25, -0.2) is 4.98 Å². The van der Waals surface area contributed by atoms with Gasteiger partial charge in [-0.2, -0.15) is 0 Å². The van der Waals surface area contributed by atoms with Crippen molar-refractivity contribution in [2.24, 2.45) is 0 Å². The summed E-state index contributed by atoms with van der Waals surface area (Å²) in [7, 11) is 7.33. The van der Waals surface area contributed by atoms with Crippen LogP contribution in [0.25, 0.3) is 33.6 Å². The Balaban J connectivity index is 1.22. The van der Waals surface area contributed by atoms with Gasteiger partial charge in [-0.1, -0.05) is 59.6 Å². The van der Waals surface area contributed by atoms with Gasteiger partial charge in [0.1, 0.15) is 5.75 Å². The maximum atomic E-state index is 11.6. The van der Waals surface area contributed by atoms with Gasteiger partial charge >= 0.3 is 0 Å². The lowest BCUT2D eigenvalue weighted by atomic mass is 9.99. The van der Waals surface area contributed by atoms with E-state index < -0.39 is 0 Å². The third-order valence-corrected chi connectivity index (χ3v) is 10.1. The van der Waals surface area contributed by atoms with Crippen molar-refractivity contribution in [2.75, 3.05) is 41.4 Å². The Kier molecular flexibility index (Phi) is 11.2. The van der Waals surface area contributed by atoms with Gasteiger partial charge < -0.3 is 20.1 Å². The van der Waals surface area contributed by atoms with Gasteiger partial charge in [0.2, 0.25) is 17.7 Å². The highest BCUT2D eigenvalue weighted by atomic mass is 35.5. The Labute approximate surface area is 303 Å². The average Bonchev–Trinajstić information content (AvgIpc) is 3.71. The number of pyridine rings is 2. The molecule has 0 unspecified atom stereocenters. The summed E-state index contributed by atoms with van der Waals surface area (Å²) in [6.07, 6.45) is 4.59. The van der Waals surface area contributed by atoms with Crippen molar-refractivity contribution in [3.63, 3.8) is 0 Å². The Bertz CT molecular complexity index is 1750. The number of carbonyl (C=O) groups is 2. The number of aromatic nitrogens is 2. The highest BCUT2D eigenvalue weighted by molar-refractivity contribution is 6.39. The second-order valence-corrected chi connectivity index (χ2v) is 13.8. The fourth-order valence-electron chi connectivity index (χ4n) is 6.82. The molecule has 2 atom stereocenters. The normalized spacial score (nSPS) is 17.4. The van der Waals surface area contributed by atoms with Crippen molar-refractivity contribution in [1.82, 2.24) is 30.4 Å². The van der Waals surface area contributed by atoms with Gasteiger partial charge in [0, 0.05) is 90.7 Å². The standard InChI is InChI=1S/C38H42Cl2N6O4/c1-45(21-26-11-14-33(47)42-26)19-24-9-8-23(18-32(24)49-3)37-36(40)29(16-17-41-37)28-6-5-7-30(35(28)39)31-13-10-25(38(44-31)50-4)20-46(2)22-27-12-15-34(48)43-27/h5-10,13,16-18,26-27H,11-12,14-15,19-22H2,1-4H3,(H,42,47)(H,43,48)/t26-,27-/m0/s1. The van der Waals surface area contributed by atoms with Crippen molar-refractivity contribution in [2.45, 2.75) is 50.9 Å². The number of rotatable bonds is 13. The summed E-state index contributed by atoms with van der Waals surface area (Å²) in [5, 5.41) is 7.04. The van der Waals surface area contributed by atoms with E-state index in [2.05, 4.69) is 25.4 Å². The van der Waals surface area contributed by atoms with Crippen LogP contribution in [0.1, 0.15) is 36.8 Å². The maximum absolute atomic E-state index is 11.6. The van der Waals surface area contributed by atoms with Gasteiger partial charge in [0.15, 0.2) is 0 Å². The first-order valence-corrected chi connectivity index (χ1v) is 17.5. The number of nitrogens with zero attached hydrogens (tertiary/aromatic N) is 4. The quantitative estimate of drug-likeness (QED) is 0.168. The highest BCUT2D eigenvalue weighted by Gasteiger charge is 2.24. The summed E-state index contributed by atoms with van der Waals surface area (Å²) in [4.78, 5) is 37.1. The monoisotopic (exact) mass is 716 g/mol. The molecular weight excluding hydrogens is 675 g/mol. The molecule has 262 valence electrons. The molecule has 0 radical (unpaired) electrons. The van der Waals surface area contributed by atoms with Gasteiger partial charge in [-0.05, 0) is 45.1 Å². The molecule has 4 heterocycles. The van der Waals surface area contributed by atoms with Crippen LogP contribution in [0.15, 0.2) is 60.8 Å². The van der Waals surface area contributed by atoms with Crippen molar-refractivity contribution in [1.29, 1.82) is 0 Å². The zero-order valence-electron chi connectivity index (χ0n) is 28.8. The lowest BCUT2D eigenvalue weighted by Gasteiger charge is -2.22. The van der Waals surface area contributed by atoms with Crippen LogP contribution in [0.3, 0.4) is 0 Å². The minimum atomic E-state index is 0.109. The van der Waals surface area contributed by atoms with Crippen molar-refractivity contribution < 1.29 is 19.1 Å². The fraction of sp³-hybridized carbons (Fsp3) is 0.368. The number of amides is 2. The minimum Gasteiger partial charge on any atom is -0.496 e. The molecule has 2 fully saturated rings. The maximum Gasteiger partial charge on any atom is 0.220 e. The Hall–Kier alpha value is -4.22. The predicted molar refractivity (Wildman–Crippen MR) is 196 cm³/mol. The van der Waals surface area contributed by atoms with Crippen LogP contribution >= 0.6 is 23.2 Å². The van der Waals surface area contributed by atoms with Gasteiger partial charge in [0.25, 0.3) is 0 Å². The molecule has 2 saturated heterocycles. The van der Waals surface area contributed by atoms with Crippen LogP contribution in [0.5, 0.6) is 11.6 Å². The number of carbonyl (C=O) groups excluding carboxylic acids is 2. The molecule has 2 aliphatic heterocycles. The predicted octanol–water partition coefficient (Wildman–Crippen LogP) is 6.22. The molecule has 0 spiro atoms. The molecule has 0 bridgehead atoms. The number of halogens is 2. The zero-order valence-corrected chi connectivity index (χ0v) is 30.3. The number of benzene rings is 2. The Morgan fingerprint density at radius 3 is 2.02 bits per heavy atom. The molecule has 2 amide bonds. The zero-order chi connectivity index (χ0) is 35.4. The summed E-state index contributed by atoms with van der Waals surface area (Å²) in [5.41, 5.74) is 6.31. The molecule has 2 aromatic heterocycles. The molecule has 0 saturated carbocycles. The minimum absolute atomic E-state index is 0.109. The molecule has 12 heteroatoms. The topological polar surface area (TPSA) is 109 Å². The van der Waals surface area contributed by atoms with Gasteiger partial charge in [-0.3, -0.25) is 24.4 Å². The molecule has 2 aliphatic rings. The van der Waals surface area contributed by atoms with E-state index in [1.165, 1.54) is 0 Å². The van der Waals surface area contributed by atoms with E-state index in [9.17, 15) is 9.59 Å². The van der Waals surface area contributed by atoms with Crippen LogP contribution in [0.2, 0.25) is 10.0 Å². The Morgan fingerprint density at radius 1 is 0.780 bits per heavy atom. The number of methoxy groups -OCH3 is 2. The van der Waals surface area contributed by atoms with Gasteiger partial charge in [-0.15, -0.1) is 0 Å². The number of ether oxygens (including phenoxy) is 2. The first kappa shape index (κ1) is 35.6. The molecule has 10 nitrogen and oxygen atoms in total. The van der Waals surface area contributed by atoms with E-state index >= 15 is 0 Å². The van der Waals surface area contributed by atoms with E-state index in [0.717, 1.165) is 65.1 Å². The highest BCUT2D eigenvalue weighted by Crippen LogP contribution is 2.42. The number of likely N-dealkylation sites (N-methyl/N-ethyl adjacent to an activating group) is 2. The lowest BCUT2D eigenvalue weighted by Crippen LogP contribution is -2.36. The van der Waals surface area contributed by atoms with E-state index in [0.29, 0.717) is 53.2 Å². The van der Waals surface area contributed by atoms with Gasteiger partial charge in [0.05, 0.1) is 35.7 Å². The first-order chi connectivity index (χ1) is 24.1. The second kappa shape index (κ2) is 15.8. The first-order valence-electron chi connectivity index (χ1n) is 16.7. The van der Waals surface area contributed by atoms with Crippen molar-refractivity contribution in [3.8, 4) is 45.3 Å². The van der Waals surface area contributed by atoms with Crippen molar-refractivity contribution >= 4 is 35.0 Å². The summed E-state index contributed by atoms with van der Waals surface area (Å²) < 4.78 is 11.5. The SMILES string of the molecule is COc1cc(-c2nccc(-c3cccc(-c4ccc(CN(C)C[C@@H]5CCC(=O)N5)c(OC)n4)c3Cl)c2Cl)ccc1CN(C)C[C@@H]1CCC(=O)N1. The number of hydrogen-bond acceptors (Lipinski definition) is 8. The van der Waals surface area contributed by atoms with E-state index in [1.807, 2.05) is 68.7 Å². The van der Waals surface area contributed by atoms with E-state index in [4.69, 9.17) is 37.7 Å². The summed E-state index contributed by atoms with van der Waals surface area (Å²) in [6, 6.07) is 17.9. The summed E-state index contributed by atoms with van der Waals surface area (Å²) in [6.45, 7) is 2.79. The lowest BCUT2D eigenvalue weighted by molar-refractivity contribution is -0.120. The van der Waals surface area contributed by atoms with Crippen LogP contribution in [0, 0.1) is 0 Å². The van der Waals surface area contributed by atoms with Crippen LogP contribution in [-0.4, -0.2) is 85.1 Å². The molecule has 0 aliphatic carbocycles. The molecule has 50 heavy (non-hydrogen) atoms. The molecule has 2 aromatic carbocycles. The fourth-order valence-corrected chi connectivity index (χ4v) is 7.47. The number of hydrogen-bond donors (Lipinski definition) is 2. The average molecular weight is 718 g/mol. The number of nitrogens with one attached hydrogen (secondary N) is 2. The van der Waals surface area contributed by atoms with Crippen LogP contribution in [0.4, 0.5) is 0 Å².